The Balaban J connectivity index is 1.39. The molecule has 8 nitrogen and oxygen atoms in total. The topological polar surface area (TPSA) is 103 Å². The molecule has 1 aliphatic rings. The van der Waals surface area contributed by atoms with Crippen LogP contribution in [0.5, 0.6) is 11.5 Å². The fraction of sp³-hybridized carbons (Fsp3) is 0.125. The number of hydrogen-bond acceptors (Lipinski definition) is 6. The van der Waals surface area contributed by atoms with Crippen LogP contribution in [0.4, 0.5) is 11.4 Å². The largest absolute Gasteiger partial charge is 0.485 e. The molecule has 2 amide bonds. The zero-order chi connectivity index (χ0) is 22.5. The maximum absolute atomic E-state index is 12.6. The molecule has 3 aromatic rings. The number of amides is 2. The minimum absolute atomic E-state index is 0.100. The number of para-hydroxylation sites is 3. The predicted octanol–water partition coefficient (Wildman–Crippen LogP) is 3.50. The van der Waals surface area contributed by atoms with Gasteiger partial charge in [0.05, 0.1) is 18.4 Å². The molecule has 0 saturated carbocycles. The number of methoxy groups -OCH3 is 1. The Bertz CT molecular complexity index is 1160. The number of benzene rings is 3. The van der Waals surface area contributed by atoms with Crippen molar-refractivity contribution in [1.82, 2.24) is 0 Å². The van der Waals surface area contributed by atoms with Crippen molar-refractivity contribution in [2.45, 2.75) is 6.10 Å². The lowest BCUT2D eigenvalue weighted by Crippen LogP contribution is -2.40. The second kappa shape index (κ2) is 9.22. The van der Waals surface area contributed by atoms with E-state index in [1.807, 2.05) is 6.07 Å². The van der Waals surface area contributed by atoms with Gasteiger partial charge in [0.25, 0.3) is 11.8 Å². The van der Waals surface area contributed by atoms with Crippen molar-refractivity contribution >= 4 is 29.2 Å². The van der Waals surface area contributed by atoms with Crippen LogP contribution in [0.15, 0.2) is 72.8 Å². The Morgan fingerprint density at radius 2 is 1.56 bits per heavy atom. The summed E-state index contributed by atoms with van der Waals surface area (Å²) in [6.45, 7) is 0.100. The van der Waals surface area contributed by atoms with E-state index in [1.165, 1.54) is 7.11 Å². The smallest absolute Gasteiger partial charge is 0.339 e. The first-order valence-electron chi connectivity index (χ1n) is 9.83. The number of nitrogens with one attached hydrogen (secondary N) is 2. The lowest BCUT2D eigenvalue weighted by atomic mass is 10.1. The number of anilines is 2. The van der Waals surface area contributed by atoms with Gasteiger partial charge in [0.1, 0.15) is 6.61 Å². The minimum Gasteiger partial charge on any atom is -0.485 e. The normalized spacial score (nSPS) is 14.2. The number of hydrogen-bond donors (Lipinski definition) is 2. The summed E-state index contributed by atoms with van der Waals surface area (Å²) in [5.74, 6) is -0.196. The van der Waals surface area contributed by atoms with Crippen LogP contribution in [0.25, 0.3) is 0 Å². The molecule has 8 heteroatoms. The maximum Gasteiger partial charge on any atom is 0.339 e. The third-order valence-electron chi connectivity index (χ3n) is 4.80. The summed E-state index contributed by atoms with van der Waals surface area (Å²) in [6, 6.07) is 20.1. The van der Waals surface area contributed by atoms with Gasteiger partial charge in [-0.25, -0.2) is 4.79 Å². The molecular weight excluding hydrogens is 412 g/mol. The molecular formula is C24H20N2O6. The second-order valence-corrected chi connectivity index (χ2v) is 6.92. The highest BCUT2D eigenvalue weighted by molar-refractivity contribution is 6.08. The third kappa shape index (κ3) is 4.54. The molecule has 0 bridgehead atoms. The zero-order valence-electron chi connectivity index (χ0n) is 17.2. The van der Waals surface area contributed by atoms with Gasteiger partial charge in [0, 0.05) is 11.3 Å². The van der Waals surface area contributed by atoms with E-state index >= 15 is 0 Å². The molecule has 0 radical (unpaired) electrons. The number of carbonyl (C=O) groups is 3. The van der Waals surface area contributed by atoms with Crippen LogP contribution in [0.2, 0.25) is 0 Å². The van der Waals surface area contributed by atoms with Gasteiger partial charge in [0.15, 0.2) is 11.5 Å². The molecule has 0 fully saturated rings. The van der Waals surface area contributed by atoms with Crippen LogP contribution < -0.4 is 20.1 Å². The van der Waals surface area contributed by atoms with Crippen LogP contribution in [-0.4, -0.2) is 37.6 Å². The SMILES string of the molecule is COC(=O)c1ccccc1NC(=O)c1ccc(NC(=O)[C@H]2COc3ccccc3O2)cc1. The number of esters is 1. The second-order valence-electron chi connectivity index (χ2n) is 6.92. The van der Waals surface area contributed by atoms with E-state index < -0.39 is 18.0 Å². The molecule has 0 aliphatic carbocycles. The Morgan fingerprint density at radius 3 is 2.31 bits per heavy atom. The van der Waals surface area contributed by atoms with Crippen molar-refractivity contribution in [2.24, 2.45) is 0 Å². The molecule has 0 unspecified atom stereocenters. The maximum atomic E-state index is 12.6. The quantitative estimate of drug-likeness (QED) is 0.598. The van der Waals surface area contributed by atoms with E-state index in [1.54, 1.807) is 66.7 Å². The highest BCUT2D eigenvalue weighted by atomic mass is 16.6. The summed E-state index contributed by atoms with van der Waals surface area (Å²) < 4.78 is 16.0. The monoisotopic (exact) mass is 432 g/mol. The van der Waals surface area contributed by atoms with Crippen molar-refractivity contribution < 1.29 is 28.6 Å². The van der Waals surface area contributed by atoms with Gasteiger partial charge < -0.3 is 24.8 Å². The van der Waals surface area contributed by atoms with Gasteiger partial charge in [-0.1, -0.05) is 24.3 Å². The van der Waals surface area contributed by atoms with Gasteiger partial charge in [-0.3, -0.25) is 9.59 Å². The van der Waals surface area contributed by atoms with Gasteiger partial charge >= 0.3 is 5.97 Å². The molecule has 3 aromatic carbocycles. The first-order valence-corrected chi connectivity index (χ1v) is 9.83. The number of carbonyl (C=O) groups excluding carboxylic acids is 3. The summed E-state index contributed by atoms with van der Waals surface area (Å²) in [4.78, 5) is 37.0. The van der Waals surface area contributed by atoms with Crippen molar-refractivity contribution in [1.29, 1.82) is 0 Å². The standard InChI is InChI=1S/C24H20N2O6/c1-30-24(29)17-6-2-3-7-18(17)26-22(27)15-10-12-16(13-11-15)25-23(28)21-14-31-19-8-4-5-9-20(19)32-21/h2-13,21H,14H2,1H3,(H,25,28)(H,26,27)/t21-/m1/s1. The number of rotatable bonds is 5. The van der Waals surface area contributed by atoms with Crippen molar-refractivity contribution in [2.75, 3.05) is 24.4 Å². The van der Waals surface area contributed by atoms with Crippen LogP contribution in [0.3, 0.4) is 0 Å². The highest BCUT2D eigenvalue weighted by Crippen LogP contribution is 2.31. The number of ether oxygens (including phenoxy) is 3. The molecule has 0 aromatic heterocycles. The van der Waals surface area contributed by atoms with E-state index in [0.29, 0.717) is 28.4 Å². The Morgan fingerprint density at radius 1 is 0.875 bits per heavy atom. The zero-order valence-corrected chi connectivity index (χ0v) is 17.2. The van der Waals surface area contributed by atoms with Crippen molar-refractivity contribution in [3.8, 4) is 11.5 Å². The van der Waals surface area contributed by atoms with Crippen LogP contribution >= 0.6 is 0 Å². The first kappa shape index (κ1) is 20.9. The van der Waals surface area contributed by atoms with Gasteiger partial charge in [0.2, 0.25) is 6.10 Å². The third-order valence-corrected chi connectivity index (χ3v) is 4.80. The molecule has 4 rings (SSSR count). The average molecular weight is 432 g/mol. The average Bonchev–Trinajstić information content (AvgIpc) is 2.84. The van der Waals surface area contributed by atoms with E-state index in [2.05, 4.69) is 10.6 Å². The van der Waals surface area contributed by atoms with Crippen LogP contribution in [-0.2, 0) is 9.53 Å². The highest BCUT2D eigenvalue weighted by Gasteiger charge is 2.27. The van der Waals surface area contributed by atoms with Crippen LogP contribution in [0, 0.1) is 0 Å². The summed E-state index contributed by atoms with van der Waals surface area (Å²) >= 11 is 0. The molecule has 0 saturated heterocycles. The minimum atomic E-state index is -0.789. The lowest BCUT2D eigenvalue weighted by molar-refractivity contribution is -0.125. The summed E-state index contributed by atoms with van der Waals surface area (Å²) in [5.41, 5.74) is 1.46. The summed E-state index contributed by atoms with van der Waals surface area (Å²) in [6.07, 6.45) is -0.789. The molecule has 1 aliphatic heterocycles. The van der Waals surface area contributed by atoms with E-state index in [4.69, 9.17) is 14.2 Å². The van der Waals surface area contributed by atoms with Gasteiger partial charge in [-0.15, -0.1) is 0 Å². The van der Waals surface area contributed by atoms with E-state index in [0.717, 1.165) is 0 Å². The molecule has 162 valence electrons. The fourth-order valence-electron chi connectivity index (χ4n) is 3.15. The van der Waals surface area contributed by atoms with E-state index in [-0.39, 0.29) is 18.1 Å². The molecule has 2 N–H and O–H groups in total. The summed E-state index contributed by atoms with van der Waals surface area (Å²) in [5, 5.41) is 5.45. The Kier molecular flexibility index (Phi) is 6.03. The van der Waals surface area contributed by atoms with Crippen molar-refractivity contribution in [3.05, 3.63) is 83.9 Å². The molecule has 1 atom stereocenters. The van der Waals surface area contributed by atoms with Crippen molar-refractivity contribution in [3.63, 3.8) is 0 Å². The lowest BCUT2D eigenvalue weighted by Gasteiger charge is -2.25. The molecule has 0 spiro atoms. The predicted molar refractivity (Wildman–Crippen MR) is 117 cm³/mol. The summed E-state index contributed by atoms with van der Waals surface area (Å²) in [7, 11) is 1.27. The fourth-order valence-corrected chi connectivity index (χ4v) is 3.15. The van der Waals surface area contributed by atoms with E-state index in [9.17, 15) is 14.4 Å². The number of fused-ring (bicyclic) bond motifs is 1. The Hall–Kier alpha value is -4.33. The van der Waals surface area contributed by atoms with Crippen LogP contribution in [0.1, 0.15) is 20.7 Å². The first-order chi connectivity index (χ1) is 15.5. The Labute approximate surface area is 184 Å². The van der Waals surface area contributed by atoms with Gasteiger partial charge in [-0.05, 0) is 48.5 Å². The van der Waals surface area contributed by atoms with Gasteiger partial charge in [-0.2, -0.15) is 0 Å². The molecule has 1 heterocycles. The molecule has 32 heavy (non-hydrogen) atoms.